The summed E-state index contributed by atoms with van der Waals surface area (Å²) in [4.78, 5) is 10.4. The lowest BCUT2D eigenvalue weighted by Gasteiger charge is -2.06. The second kappa shape index (κ2) is 8.68. The first kappa shape index (κ1) is 15.6. The average Bonchev–Trinajstić information content (AvgIpc) is 2.07. The number of esters is 1. The lowest BCUT2D eigenvalue weighted by atomic mass is 10.2. The van der Waals surface area contributed by atoms with E-state index in [2.05, 4.69) is 0 Å². The third kappa shape index (κ3) is 14.6. The molecule has 15 heavy (non-hydrogen) atoms. The zero-order valence-electron chi connectivity index (χ0n) is 8.90. The summed E-state index contributed by atoms with van der Waals surface area (Å²) in [6.45, 7) is 1.94. The predicted octanol–water partition coefficient (Wildman–Crippen LogP) is 4.16. The van der Waals surface area contributed by atoms with Gasteiger partial charge in [-0.3, -0.25) is 4.79 Å². The van der Waals surface area contributed by atoms with Crippen molar-refractivity contribution < 1.29 is 9.53 Å². The molecule has 0 aliphatic carbocycles. The van der Waals surface area contributed by atoms with Crippen molar-refractivity contribution in [2.75, 3.05) is 6.61 Å². The smallest absolute Gasteiger partial charge is 0.341 e. The Morgan fingerprint density at radius 1 is 1.07 bits per heavy atom. The number of halogens is 3. The maximum absolute atomic E-state index is 10.4. The van der Waals surface area contributed by atoms with Crippen molar-refractivity contribution in [2.24, 2.45) is 0 Å². The first-order valence-electron chi connectivity index (χ1n) is 5.12. The number of carbonyl (C=O) groups is 1. The molecule has 0 unspecified atom stereocenters. The monoisotopic (exact) mass is 290 g/mol. The van der Waals surface area contributed by atoms with Crippen molar-refractivity contribution >= 4 is 45.2 Å². The number of hydrogen-bond acceptors (Lipinski definition) is 2. The van der Waals surface area contributed by atoms with Gasteiger partial charge in [0, 0.05) is 6.92 Å². The van der Waals surface area contributed by atoms with E-state index in [4.69, 9.17) is 38.0 Å². The Labute approximate surface area is 106 Å². The molecule has 0 aliphatic heterocycles. The van der Waals surface area contributed by atoms with Crippen LogP contribution >= 0.6 is 33.2 Å². The van der Waals surface area contributed by atoms with Crippen molar-refractivity contribution in [1.29, 1.82) is 0 Å². The summed E-state index contributed by atoms with van der Waals surface area (Å²) in [7, 11) is 0. The summed E-state index contributed by atoms with van der Waals surface area (Å²) in [5.74, 6) is -0.211. The van der Waals surface area contributed by atoms with E-state index >= 15 is 0 Å². The van der Waals surface area contributed by atoms with Gasteiger partial charge in [-0.1, -0.05) is 25.7 Å². The van der Waals surface area contributed by atoms with Gasteiger partial charge in [-0.05, 0) is 12.5 Å². The van der Waals surface area contributed by atoms with Gasteiger partial charge in [0.15, 0.2) is 0 Å². The zero-order chi connectivity index (χ0) is 11.7. The van der Waals surface area contributed by atoms with Crippen LogP contribution in [0.5, 0.6) is 0 Å². The molecular formula is C9H17Cl3O2Si. The molecule has 0 N–H and O–H groups in total. The normalized spacial score (nSPS) is 11.5. The second-order valence-electron chi connectivity index (χ2n) is 3.47. The highest BCUT2D eigenvalue weighted by Gasteiger charge is 2.23. The fraction of sp³-hybridized carbons (Fsp3) is 0.889. The van der Waals surface area contributed by atoms with Crippen molar-refractivity contribution in [3.63, 3.8) is 0 Å². The van der Waals surface area contributed by atoms with E-state index < -0.39 is 6.00 Å². The Kier molecular flexibility index (Phi) is 9.00. The van der Waals surface area contributed by atoms with Crippen LogP contribution in [0.25, 0.3) is 0 Å². The highest BCUT2D eigenvalue weighted by atomic mass is 35.8. The highest BCUT2D eigenvalue weighted by Crippen LogP contribution is 2.27. The predicted molar refractivity (Wildman–Crippen MR) is 67.8 cm³/mol. The van der Waals surface area contributed by atoms with Crippen LogP contribution in [0.3, 0.4) is 0 Å². The largest absolute Gasteiger partial charge is 0.466 e. The summed E-state index contributed by atoms with van der Waals surface area (Å²) in [5, 5.41) is 0. The summed E-state index contributed by atoms with van der Waals surface area (Å²) in [6.07, 6.45) is 5.16. The summed E-state index contributed by atoms with van der Waals surface area (Å²) < 4.78 is 4.81. The van der Waals surface area contributed by atoms with Crippen molar-refractivity contribution in [2.45, 2.75) is 45.1 Å². The van der Waals surface area contributed by atoms with E-state index in [-0.39, 0.29) is 5.97 Å². The fourth-order valence-corrected chi connectivity index (χ4v) is 3.03. The molecular weight excluding hydrogens is 275 g/mol. The van der Waals surface area contributed by atoms with Gasteiger partial charge >= 0.3 is 12.0 Å². The second-order valence-corrected chi connectivity index (χ2v) is 12.8. The van der Waals surface area contributed by atoms with Crippen molar-refractivity contribution in [1.82, 2.24) is 0 Å². The van der Waals surface area contributed by atoms with E-state index in [1.165, 1.54) is 6.92 Å². The third-order valence-corrected chi connectivity index (χ3v) is 4.53. The van der Waals surface area contributed by atoms with Gasteiger partial charge in [0.25, 0.3) is 0 Å². The molecule has 0 aliphatic rings. The minimum Gasteiger partial charge on any atom is -0.466 e. The van der Waals surface area contributed by atoms with Crippen LogP contribution < -0.4 is 0 Å². The van der Waals surface area contributed by atoms with Crippen LogP contribution in [0.4, 0.5) is 0 Å². The summed E-state index contributed by atoms with van der Waals surface area (Å²) >= 11 is 17.2. The van der Waals surface area contributed by atoms with Crippen molar-refractivity contribution in [3.8, 4) is 0 Å². The molecule has 0 aromatic rings. The minimum absolute atomic E-state index is 0.211. The van der Waals surface area contributed by atoms with Gasteiger partial charge in [-0.15, -0.1) is 33.2 Å². The van der Waals surface area contributed by atoms with Crippen LogP contribution in [0, 0.1) is 0 Å². The Morgan fingerprint density at radius 3 is 2.13 bits per heavy atom. The minimum atomic E-state index is -2.40. The molecule has 2 nitrogen and oxygen atoms in total. The summed E-state index contributed by atoms with van der Waals surface area (Å²) in [5.41, 5.74) is 0. The number of rotatable bonds is 8. The lowest BCUT2D eigenvalue weighted by molar-refractivity contribution is -0.141. The molecule has 0 rings (SSSR count). The quantitative estimate of drug-likeness (QED) is 0.290. The molecule has 0 saturated carbocycles. The van der Waals surface area contributed by atoms with Crippen LogP contribution in [0.2, 0.25) is 6.04 Å². The Bertz CT molecular complexity index is 183. The van der Waals surface area contributed by atoms with Crippen LogP contribution in [-0.2, 0) is 9.53 Å². The van der Waals surface area contributed by atoms with E-state index in [9.17, 15) is 4.79 Å². The van der Waals surface area contributed by atoms with E-state index in [0.29, 0.717) is 6.61 Å². The highest BCUT2D eigenvalue weighted by molar-refractivity contribution is 7.64. The maximum Gasteiger partial charge on any atom is 0.341 e. The molecule has 0 saturated heterocycles. The van der Waals surface area contributed by atoms with Gasteiger partial charge in [0.05, 0.1) is 6.61 Å². The molecule has 0 radical (unpaired) electrons. The van der Waals surface area contributed by atoms with E-state index in [1.54, 1.807) is 0 Å². The maximum atomic E-state index is 10.4. The van der Waals surface area contributed by atoms with Gasteiger partial charge < -0.3 is 4.74 Å². The molecule has 0 bridgehead atoms. The van der Waals surface area contributed by atoms with Gasteiger partial charge in [-0.2, -0.15) is 0 Å². The molecule has 90 valence electrons. The Balaban J connectivity index is 3.09. The molecule has 0 heterocycles. The van der Waals surface area contributed by atoms with Gasteiger partial charge in [-0.25, -0.2) is 0 Å². The van der Waals surface area contributed by atoms with E-state index in [0.717, 1.165) is 38.1 Å². The molecule has 0 amide bonds. The number of carbonyl (C=O) groups excluding carboxylic acids is 1. The Morgan fingerprint density at radius 2 is 1.60 bits per heavy atom. The first-order valence-corrected chi connectivity index (χ1v) is 10.4. The molecule has 0 fully saturated rings. The lowest BCUT2D eigenvalue weighted by Crippen LogP contribution is -2.07. The zero-order valence-corrected chi connectivity index (χ0v) is 12.2. The Hall–Kier alpha value is 0.557. The topological polar surface area (TPSA) is 26.3 Å². The molecule has 0 aromatic carbocycles. The van der Waals surface area contributed by atoms with Crippen LogP contribution in [0.15, 0.2) is 0 Å². The number of unbranched alkanes of at least 4 members (excludes halogenated alkanes) is 4. The first-order chi connectivity index (χ1) is 6.92. The van der Waals surface area contributed by atoms with Gasteiger partial charge in [0.2, 0.25) is 0 Å². The SMILES string of the molecule is CC(=O)OCCCCCCC[Si](Cl)(Cl)Cl. The van der Waals surface area contributed by atoms with Crippen molar-refractivity contribution in [3.05, 3.63) is 0 Å². The molecule has 6 heteroatoms. The number of hydrogen-bond donors (Lipinski definition) is 0. The molecule has 0 aromatic heterocycles. The van der Waals surface area contributed by atoms with Crippen LogP contribution in [0.1, 0.15) is 39.0 Å². The van der Waals surface area contributed by atoms with Gasteiger partial charge in [0.1, 0.15) is 0 Å². The fourth-order valence-electron chi connectivity index (χ4n) is 1.17. The van der Waals surface area contributed by atoms with Crippen LogP contribution in [-0.4, -0.2) is 18.6 Å². The number of ether oxygens (including phenoxy) is 1. The standard InChI is InChI=1S/C9H17Cl3O2Si/c1-9(13)14-7-5-3-2-4-6-8-15(10,11)12/h2-8H2,1H3. The average molecular weight is 292 g/mol. The molecule has 0 atom stereocenters. The van der Waals surface area contributed by atoms with E-state index in [1.807, 2.05) is 0 Å². The third-order valence-electron chi connectivity index (χ3n) is 1.91. The molecule has 0 spiro atoms. The summed E-state index contributed by atoms with van der Waals surface area (Å²) in [6, 6.07) is -1.66.